The van der Waals surface area contributed by atoms with E-state index in [9.17, 15) is 0 Å². The Morgan fingerprint density at radius 3 is 1.05 bits per heavy atom. The quantitative estimate of drug-likeness (QED) is 0.137. The van der Waals surface area contributed by atoms with Gasteiger partial charge in [0, 0.05) is 45.3 Å². The lowest BCUT2D eigenvalue weighted by atomic mass is 9.93. The van der Waals surface area contributed by atoms with Crippen LogP contribution in [0.4, 0.5) is 45.5 Å². The summed E-state index contributed by atoms with van der Waals surface area (Å²) < 4.78 is 0. The Morgan fingerprint density at radius 2 is 0.745 bits per heavy atom. The number of hydrogen-bond donors (Lipinski definition) is 3. The molecule has 2 heterocycles. The van der Waals surface area contributed by atoms with Crippen LogP contribution in [0, 0.1) is 5.41 Å². The van der Waals surface area contributed by atoms with E-state index in [4.69, 9.17) is 10.2 Å². The van der Waals surface area contributed by atoms with Crippen molar-refractivity contribution in [3.63, 3.8) is 0 Å². The van der Waals surface area contributed by atoms with E-state index >= 15 is 0 Å². The van der Waals surface area contributed by atoms with Crippen LogP contribution < -0.4 is 26.2 Å². The second kappa shape index (κ2) is 14.2. The molecule has 8 aromatic rings. The van der Waals surface area contributed by atoms with E-state index < -0.39 is 0 Å². The van der Waals surface area contributed by atoms with Crippen LogP contribution in [0.2, 0.25) is 0 Å². The maximum absolute atomic E-state index is 5.21. The van der Waals surface area contributed by atoms with Gasteiger partial charge in [-0.3, -0.25) is 0 Å². The second-order valence-corrected chi connectivity index (χ2v) is 15.0. The molecule has 8 nitrogen and oxygen atoms in total. The van der Waals surface area contributed by atoms with Crippen molar-refractivity contribution in [2.45, 2.75) is 27.3 Å². The highest BCUT2D eigenvalue weighted by atomic mass is 15.6. The summed E-state index contributed by atoms with van der Waals surface area (Å²) in [6.07, 6.45) is 0. The van der Waals surface area contributed by atoms with Crippen molar-refractivity contribution >= 4 is 56.5 Å². The van der Waals surface area contributed by atoms with E-state index in [0.717, 1.165) is 78.8 Å². The fourth-order valence-corrected chi connectivity index (χ4v) is 7.39. The summed E-state index contributed by atoms with van der Waals surface area (Å²) in [5.74, 6) is 0. The van der Waals surface area contributed by atoms with Crippen molar-refractivity contribution < 1.29 is 0 Å². The first-order valence-corrected chi connectivity index (χ1v) is 18.6. The third-order valence-electron chi connectivity index (χ3n) is 9.76. The number of hydrogen-bond acceptors (Lipinski definition) is 7. The molecule has 0 fully saturated rings. The van der Waals surface area contributed by atoms with Crippen LogP contribution in [0.25, 0.3) is 33.3 Å². The van der Waals surface area contributed by atoms with Gasteiger partial charge in [0.25, 0.3) is 0 Å². The van der Waals surface area contributed by atoms with Gasteiger partial charge in [0.15, 0.2) is 0 Å². The van der Waals surface area contributed by atoms with Gasteiger partial charge in [0.2, 0.25) is 0 Å². The van der Waals surface area contributed by atoms with Crippen LogP contribution in [-0.2, 0) is 6.54 Å². The van der Waals surface area contributed by atoms with E-state index in [-0.39, 0.29) is 5.41 Å². The smallest absolute Gasteiger partial charge is 0.123 e. The molecule has 0 saturated heterocycles. The fraction of sp³-hybridized carbons (Fsp3) is 0.106. The van der Waals surface area contributed by atoms with E-state index in [1.807, 2.05) is 29.1 Å². The van der Waals surface area contributed by atoms with E-state index in [0.29, 0.717) is 6.54 Å². The minimum absolute atomic E-state index is 0.0177. The van der Waals surface area contributed by atoms with Crippen LogP contribution in [-0.4, -0.2) is 15.0 Å². The first-order valence-electron chi connectivity index (χ1n) is 18.6. The maximum Gasteiger partial charge on any atom is 0.123 e. The highest BCUT2D eigenvalue weighted by molar-refractivity contribution is 6.14. The normalized spacial score (nSPS) is 12.2. The standard InChI is InChI=1S/C47H42N8/c1-47(2,3)32-53-50-45-41(33-24-28-39(29-25-33)54(35-16-8-4-9-17-35)36-18-10-5-11-19-36)43-44(49-52-48-43)42(46(45)51-53)34-26-30-40(31-27-34)55(37-20-12-6-13-21-37)38-22-14-7-15-23-38/h4-31,48-49,52H,32H2,1-3H3. The monoisotopic (exact) mass is 718 g/mol. The first-order chi connectivity index (χ1) is 26.9. The fourth-order valence-electron chi connectivity index (χ4n) is 7.39. The molecular weight excluding hydrogens is 677 g/mol. The molecule has 0 amide bonds. The molecule has 0 saturated carbocycles. The zero-order valence-corrected chi connectivity index (χ0v) is 31.1. The topological polar surface area (TPSA) is 73.3 Å². The van der Waals surface area contributed by atoms with Gasteiger partial charge in [-0.05, 0) is 89.3 Å². The molecule has 0 aliphatic carbocycles. The van der Waals surface area contributed by atoms with Crippen LogP contribution >= 0.6 is 0 Å². The molecule has 9 rings (SSSR count). The van der Waals surface area contributed by atoms with E-state index in [2.05, 4.69) is 193 Å². The molecule has 7 aromatic carbocycles. The Balaban J connectivity index is 1.17. The van der Waals surface area contributed by atoms with E-state index in [1.54, 1.807) is 0 Å². The predicted octanol–water partition coefficient (Wildman–Crippen LogP) is 12.0. The van der Waals surface area contributed by atoms with Crippen LogP contribution in [0.15, 0.2) is 170 Å². The minimum Gasteiger partial charge on any atom is -0.311 e. The number of fused-ring (bicyclic) bond motifs is 2. The van der Waals surface area contributed by atoms with Crippen molar-refractivity contribution in [3.8, 4) is 22.3 Å². The molecule has 1 aliphatic rings. The summed E-state index contributed by atoms with van der Waals surface area (Å²) in [6.45, 7) is 7.31. The molecular formula is C47H42N8. The number of nitrogens with one attached hydrogen (secondary N) is 3. The number of anilines is 8. The summed E-state index contributed by atoms with van der Waals surface area (Å²) >= 11 is 0. The lowest BCUT2D eigenvalue weighted by Gasteiger charge is -2.26. The largest absolute Gasteiger partial charge is 0.311 e. The third-order valence-corrected chi connectivity index (χ3v) is 9.76. The number of hydrazine groups is 2. The molecule has 3 N–H and O–H groups in total. The molecule has 1 aliphatic heterocycles. The summed E-state index contributed by atoms with van der Waals surface area (Å²) in [7, 11) is 0. The molecule has 0 bridgehead atoms. The van der Waals surface area contributed by atoms with Crippen molar-refractivity contribution in [3.05, 3.63) is 170 Å². The average molecular weight is 719 g/mol. The Morgan fingerprint density at radius 1 is 0.436 bits per heavy atom. The van der Waals surface area contributed by atoms with Crippen LogP contribution in [0.1, 0.15) is 20.8 Å². The second-order valence-electron chi connectivity index (χ2n) is 15.0. The van der Waals surface area contributed by atoms with Crippen molar-refractivity contribution in [1.82, 2.24) is 20.5 Å². The zero-order valence-electron chi connectivity index (χ0n) is 31.1. The zero-order chi connectivity index (χ0) is 37.4. The van der Waals surface area contributed by atoms with Crippen molar-refractivity contribution in [2.24, 2.45) is 5.41 Å². The third kappa shape index (κ3) is 6.64. The van der Waals surface area contributed by atoms with E-state index in [1.165, 1.54) is 0 Å². The maximum atomic E-state index is 5.21. The summed E-state index contributed by atoms with van der Waals surface area (Å²) in [5.41, 5.74) is 24.1. The molecule has 8 heteroatoms. The lowest BCUT2D eigenvalue weighted by molar-refractivity contribution is 0.305. The van der Waals surface area contributed by atoms with Gasteiger partial charge in [-0.15, -0.1) is 5.53 Å². The SMILES string of the molecule is CC(C)(C)Cn1nc2c(-c3ccc(N(c4ccccc4)c4ccccc4)cc3)c3c(c(-c4ccc(N(c5ccccc5)c5ccccc5)cc4)c2n1)NNN3. The molecule has 270 valence electrons. The van der Waals surface area contributed by atoms with Gasteiger partial charge in [-0.25, -0.2) is 0 Å². The number of benzene rings is 7. The van der Waals surface area contributed by atoms with Gasteiger partial charge in [0.05, 0.1) is 17.9 Å². The Kier molecular flexibility index (Phi) is 8.72. The highest BCUT2D eigenvalue weighted by Gasteiger charge is 2.29. The number of para-hydroxylation sites is 4. The predicted molar refractivity (Wildman–Crippen MR) is 228 cm³/mol. The van der Waals surface area contributed by atoms with Gasteiger partial charge in [-0.1, -0.05) is 118 Å². The number of rotatable bonds is 9. The summed E-state index contributed by atoms with van der Waals surface area (Å²) in [6, 6.07) is 59.3. The highest BCUT2D eigenvalue weighted by Crippen LogP contribution is 2.49. The molecule has 0 radical (unpaired) electrons. The molecule has 0 atom stereocenters. The number of aromatic nitrogens is 3. The van der Waals surface area contributed by atoms with Crippen LogP contribution in [0.3, 0.4) is 0 Å². The molecule has 0 unspecified atom stereocenters. The first kappa shape index (κ1) is 33.9. The number of nitrogens with zero attached hydrogens (tertiary/aromatic N) is 5. The Labute approximate surface area is 321 Å². The molecule has 1 aromatic heterocycles. The minimum atomic E-state index is -0.0177. The van der Waals surface area contributed by atoms with Crippen molar-refractivity contribution in [2.75, 3.05) is 20.7 Å². The summed E-state index contributed by atoms with van der Waals surface area (Å²) in [5, 5.41) is 10.4. The average Bonchev–Trinajstić information content (AvgIpc) is 3.86. The van der Waals surface area contributed by atoms with Crippen molar-refractivity contribution in [1.29, 1.82) is 0 Å². The van der Waals surface area contributed by atoms with Gasteiger partial charge in [0.1, 0.15) is 11.0 Å². The molecule has 55 heavy (non-hydrogen) atoms. The Bertz CT molecular complexity index is 2300. The Hall–Kier alpha value is -6.90. The van der Waals surface area contributed by atoms with Gasteiger partial charge in [-0.2, -0.15) is 15.0 Å². The lowest BCUT2D eigenvalue weighted by Crippen LogP contribution is -2.19. The molecule has 0 spiro atoms. The van der Waals surface area contributed by atoms with Gasteiger partial charge < -0.3 is 20.7 Å². The van der Waals surface area contributed by atoms with Gasteiger partial charge >= 0.3 is 0 Å². The summed E-state index contributed by atoms with van der Waals surface area (Å²) in [4.78, 5) is 6.41. The van der Waals surface area contributed by atoms with Crippen LogP contribution in [0.5, 0.6) is 0 Å².